The number of fused-ring (bicyclic) bond motifs is 1. The molecule has 3 unspecified atom stereocenters. The van der Waals surface area contributed by atoms with Crippen molar-refractivity contribution in [1.29, 1.82) is 0 Å². The number of aryl methyl sites for hydroxylation is 2. The number of methoxy groups -OCH3 is 1. The molecule has 2 saturated carbocycles. The standard InChI is InChI=1S/C18H27NO/c1-5-19-18(17-13-7-6-8-14(13)17)16-12(3)9-11(2)10-15(16)20-4/h9-10,13-14,17-19H,5-8H2,1-4H3. The molecule has 2 aliphatic rings. The Balaban J connectivity index is 1.95. The molecule has 2 heteroatoms. The van der Waals surface area contributed by atoms with Gasteiger partial charge in [0.1, 0.15) is 5.75 Å². The molecule has 0 aromatic heterocycles. The summed E-state index contributed by atoms with van der Waals surface area (Å²) in [6, 6.07) is 4.96. The summed E-state index contributed by atoms with van der Waals surface area (Å²) in [7, 11) is 1.80. The van der Waals surface area contributed by atoms with Crippen molar-refractivity contribution < 1.29 is 4.74 Å². The van der Waals surface area contributed by atoms with Crippen molar-refractivity contribution in [3.05, 3.63) is 28.8 Å². The van der Waals surface area contributed by atoms with Gasteiger partial charge in [0.15, 0.2) is 0 Å². The lowest BCUT2D eigenvalue weighted by Gasteiger charge is -2.25. The van der Waals surface area contributed by atoms with Crippen LogP contribution < -0.4 is 10.1 Å². The Bertz CT molecular complexity index is 486. The van der Waals surface area contributed by atoms with Crippen LogP contribution in [0, 0.1) is 31.6 Å². The minimum Gasteiger partial charge on any atom is -0.496 e. The molecule has 2 fully saturated rings. The molecule has 1 aromatic rings. The van der Waals surface area contributed by atoms with Crippen LogP contribution in [0.1, 0.15) is 48.9 Å². The predicted molar refractivity (Wildman–Crippen MR) is 83.2 cm³/mol. The van der Waals surface area contributed by atoms with Crippen molar-refractivity contribution in [2.24, 2.45) is 17.8 Å². The average molecular weight is 273 g/mol. The van der Waals surface area contributed by atoms with Crippen LogP contribution in [0.5, 0.6) is 5.75 Å². The predicted octanol–water partition coefficient (Wildman–Crippen LogP) is 4.01. The number of benzene rings is 1. The molecule has 0 heterocycles. The second kappa shape index (κ2) is 5.40. The zero-order chi connectivity index (χ0) is 14.3. The third-order valence-electron chi connectivity index (χ3n) is 5.31. The molecule has 0 amide bonds. The Kier molecular flexibility index (Phi) is 3.76. The van der Waals surface area contributed by atoms with E-state index in [0.29, 0.717) is 6.04 Å². The Hall–Kier alpha value is -1.02. The van der Waals surface area contributed by atoms with Gasteiger partial charge in [-0.1, -0.05) is 19.4 Å². The van der Waals surface area contributed by atoms with Gasteiger partial charge in [-0.25, -0.2) is 0 Å². The molecule has 0 spiro atoms. The van der Waals surface area contributed by atoms with Gasteiger partial charge in [-0.15, -0.1) is 0 Å². The Morgan fingerprint density at radius 2 is 1.95 bits per heavy atom. The summed E-state index contributed by atoms with van der Waals surface area (Å²) in [4.78, 5) is 0. The van der Waals surface area contributed by atoms with E-state index in [1.165, 1.54) is 36.0 Å². The Morgan fingerprint density at radius 3 is 2.55 bits per heavy atom. The highest BCUT2D eigenvalue weighted by Crippen LogP contribution is 2.63. The van der Waals surface area contributed by atoms with E-state index < -0.39 is 0 Å². The molecular formula is C18H27NO. The molecule has 1 N–H and O–H groups in total. The van der Waals surface area contributed by atoms with Gasteiger partial charge >= 0.3 is 0 Å². The molecule has 0 aliphatic heterocycles. The fourth-order valence-corrected chi connectivity index (χ4v) is 4.53. The molecular weight excluding hydrogens is 246 g/mol. The van der Waals surface area contributed by atoms with E-state index in [9.17, 15) is 0 Å². The maximum absolute atomic E-state index is 5.69. The van der Waals surface area contributed by atoms with Crippen LogP contribution in [0.3, 0.4) is 0 Å². The highest BCUT2D eigenvalue weighted by Gasteiger charge is 2.56. The summed E-state index contributed by atoms with van der Waals surface area (Å²) < 4.78 is 5.69. The first kappa shape index (κ1) is 13.9. The van der Waals surface area contributed by atoms with Gasteiger partial charge in [0.2, 0.25) is 0 Å². The SMILES string of the molecule is CCNC(c1c(C)cc(C)cc1OC)C1C2CCCC21. The first-order chi connectivity index (χ1) is 9.67. The summed E-state index contributed by atoms with van der Waals surface area (Å²) in [5.41, 5.74) is 4.06. The third kappa shape index (κ3) is 2.24. The van der Waals surface area contributed by atoms with E-state index in [1.807, 2.05) is 0 Å². The molecule has 20 heavy (non-hydrogen) atoms. The van der Waals surface area contributed by atoms with Gasteiger partial charge in [-0.3, -0.25) is 0 Å². The van der Waals surface area contributed by atoms with Gasteiger partial charge in [0.25, 0.3) is 0 Å². The topological polar surface area (TPSA) is 21.3 Å². The zero-order valence-corrected chi connectivity index (χ0v) is 13.2. The van der Waals surface area contributed by atoms with Crippen LogP contribution in [0.2, 0.25) is 0 Å². The second-order valence-corrected chi connectivity index (χ2v) is 6.57. The van der Waals surface area contributed by atoms with Crippen molar-refractivity contribution in [3.63, 3.8) is 0 Å². The van der Waals surface area contributed by atoms with E-state index >= 15 is 0 Å². The van der Waals surface area contributed by atoms with E-state index in [0.717, 1.165) is 30.0 Å². The third-order valence-corrected chi connectivity index (χ3v) is 5.31. The fourth-order valence-electron chi connectivity index (χ4n) is 4.53. The number of ether oxygens (including phenoxy) is 1. The van der Waals surface area contributed by atoms with Gasteiger partial charge < -0.3 is 10.1 Å². The molecule has 3 rings (SSSR count). The van der Waals surface area contributed by atoms with Crippen LogP contribution in [-0.2, 0) is 0 Å². The van der Waals surface area contributed by atoms with Crippen LogP contribution in [0.4, 0.5) is 0 Å². The normalized spacial score (nSPS) is 29.1. The largest absolute Gasteiger partial charge is 0.496 e. The van der Waals surface area contributed by atoms with Crippen LogP contribution >= 0.6 is 0 Å². The lowest BCUT2D eigenvalue weighted by molar-refractivity contribution is 0.376. The van der Waals surface area contributed by atoms with Crippen molar-refractivity contribution in [1.82, 2.24) is 5.32 Å². The van der Waals surface area contributed by atoms with Gasteiger partial charge in [-0.2, -0.15) is 0 Å². The van der Waals surface area contributed by atoms with Crippen LogP contribution in [-0.4, -0.2) is 13.7 Å². The smallest absolute Gasteiger partial charge is 0.124 e. The molecule has 1 aromatic carbocycles. The molecule has 0 saturated heterocycles. The quantitative estimate of drug-likeness (QED) is 0.875. The first-order valence-corrected chi connectivity index (χ1v) is 8.05. The monoisotopic (exact) mass is 273 g/mol. The summed E-state index contributed by atoms with van der Waals surface area (Å²) >= 11 is 0. The van der Waals surface area contributed by atoms with Crippen LogP contribution in [0.25, 0.3) is 0 Å². The Labute approximate surface area is 122 Å². The lowest BCUT2D eigenvalue weighted by Crippen LogP contribution is -2.25. The Morgan fingerprint density at radius 1 is 1.25 bits per heavy atom. The second-order valence-electron chi connectivity index (χ2n) is 6.57. The minimum absolute atomic E-state index is 0.478. The maximum atomic E-state index is 5.69. The number of rotatable bonds is 5. The molecule has 2 nitrogen and oxygen atoms in total. The number of hydrogen-bond donors (Lipinski definition) is 1. The molecule has 0 radical (unpaired) electrons. The van der Waals surface area contributed by atoms with E-state index in [4.69, 9.17) is 4.74 Å². The zero-order valence-electron chi connectivity index (χ0n) is 13.2. The lowest BCUT2D eigenvalue weighted by atomic mass is 9.91. The maximum Gasteiger partial charge on any atom is 0.124 e. The van der Waals surface area contributed by atoms with Gasteiger partial charge in [0.05, 0.1) is 7.11 Å². The van der Waals surface area contributed by atoms with E-state index in [1.54, 1.807) is 7.11 Å². The van der Waals surface area contributed by atoms with Crippen molar-refractivity contribution in [3.8, 4) is 5.75 Å². The van der Waals surface area contributed by atoms with Crippen LogP contribution in [0.15, 0.2) is 12.1 Å². The highest BCUT2D eigenvalue weighted by atomic mass is 16.5. The number of hydrogen-bond acceptors (Lipinski definition) is 2. The minimum atomic E-state index is 0.478. The van der Waals surface area contributed by atoms with Crippen molar-refractivity contribution in [2.75, 3.05) is 13.7 Å². The molecule has 110 valence electrons. The first-order valence-electron chi connectivity index (χ1n) is 8.05. The van der Waals surface area contributed by atoms with Gasteiger partial charge in [-0.05, 0) is 68.2 Å². The summed E-state index contributed by atoms with van der Waals surface area (Å²) in [5, 5.41) is 3.74. The average Bonchev–Trinajstić information content (AvgIpc) is 2.88. The highest BCUT2D eigenvalue weighted by molar-refractivity contribution is 5.46. The number of nitrogens with one attached hydrogen (secondary N) is 1. The summed E-state index contributed by atoms with van der Waals surface area (Å²) in [6.45, 7) is 7.61. The summed E-state index contributed by atoms with van der Waals surface area (Å²) in [6.07, 6.45) is 4.31. The fraction of sp³-hybridized carbons (Fsp3) is 0.667. The van der Waals surface area contributed by atoms with Crippen molar-refractivity contribution >= 4 is 0 Å². The summed E-state index contributed by atoms with van der Waals surface area (Å²) in [5.74, 6) is 3.83. The molecule has 2 aliphatic carbocycles. The van der Waals surface area contributed by atoms with E-state index in [-0.39, 0.29) is 0 Å². The molecule has 0 bridgehead atoms. The van der Waals surface area contributed by atoms with E-state index in [2.05, 4.69) is 38.2 Å². The van der Waals surface area contributed by atoms with Crippen molar-refractivity contribution in [2.45, 2.75) is 46.1 Å². The molecule has 3 atom stereocenters. The van der Waals surface area contributed by atoms with Gasteiger partial charge in [0, 0.05) is 11.6 Å².